The summed E-state index contributed by atoms with van der Waals surface area (Å²) in [7, 11) is 0. The van der Waals surface area contributed by atoms with Crippen molar-refractivity contribution in [3.05, 3.63) is 35.4 Å². The Morgan fingerprint density at radius 1 is 1.07 bits per heavy atom. The van der Waals surface area contributed by atoms with Crippen LogP contribution in [0.1, 0.15) is 45.2 Å². The first-order valence-corrected chi connectivity index (χ1v) is 5.64. The number of hydrogen-bond acceptors (Lipinski definition) is 1. The maximum Gasteiger partial charge on any atom is 0.0639 e. The largest absolute Gasteiger partial charge is 0.392 e. The molecule has 1 N–H and O–H groups in total. The molecule has 0 amide bonds. The molecule has 0 aliphatic heterocycles. The molecule has 0 heterocycles. The van der Waals surface area contributed by atoms with Crippen molar-refractivity contribution in [2.24, 2.45) is 0 Å². The lowest BCUT2D eigenvalue weighted by Gasteiger charge is -2.45. The van der Waals surface area contributed by atoms with Crippen molar-refractivity contribution in [2.45, 2.75) is 51.0 Å². The van der Waals surface area contributed by atoms with Gasteiger partial charge in [-0.15, -0.1) is 0 Å². The van der Waals surface area contributed by atoms with Crippen LogP contribution in [0.3, 0.4) is 0 Å². The normalized spacial score (nSPS) is 27.1. The second-order valence-corrected chi connectivity index (χ2v) is 5.87. The lowest BCUT2D eigenvalue weighted by atomic mass is 9.61. The Morgan fingerprint density at radius 2 is 1.60 bits per heavy atom. The lowest BCUT2D eigenvalue weighted by molar-refractivity contribution is 0.0583. The van der Waals surface area contributed by atoms with E-state index in [9.17, 15) is 5.11 Å². The molecule has 0 bridgehead atoms. The SMILES string of the molecule is CC1(C)C[C@@H](O)C(C)(C)c2ccccc21. The summed E-state index contributed by atoms with van der Waals surface area (Å²) in [5.41, 5.74) is 2.66. The van der Waals surface area contributed by atoms with Gasteiger partial charge in [0.2, 0.25) is 0 Å². The van der Waals surface area contributed by atoms with Gasteiger partial charge in [-0.25, -0.2) is 0 Å². The number of rotatable bonds is 0. The highest BCUT2D eigenvalue weighted by Gasteiger charge is 2.42. The molecule has 0 unspecified atom stereocenters. The Bertz CT molecular complexity index is 377. The van der Waals surface area contributed by atoms with E-state index in [2.05, 4.69) is 52.0 Å². The van der Waals surface area contributed by atoms with E-state index in [0.717, 1.165) is 6.42 Å². The van der Waals surface area contributed by atoms with E-state index in [1.807, 2.05) is 0 Å². The van der Waals surface area contributed by atoms with Crippen molar-refractivity contribution in [3.8, 4) is 0 Å². The average molecular weight is 204 g/mol. The molecular weight excluding hydrogens is 184 g/mol. The van der Waals surface area contributed by atoms with Gasteiger partial charge in [-0.05, 0) is 23.0 Å². The molecule has 1 atom stereocenters. The summed E-state index contributed by atoms with van der Waals surface area (Å²) in [6, 6.07) is 8.51. The van der Waals surface area contributed by atoms with Crippen LogP contribution in [-0.2, 0) is 10.8 Å². The molecular formula is C14H20O. The molecule has 0 spiro atoms. The first-order chi connectivity index (χ1) is 6.86. The fraction of sp³-hybridized carbons (Fsp3) is 0.571. The fourth-order valence-electron chi connectivity index (χ4n) is 2.66. The van der Waals surface area contributed by atoms with E-state index in [1.54, 1.807) is 0 Å². The van der Waals surface area contributed by atoms with Gasteiger partial charge in [-0.2, -0.15) is 0 Å². The minimum atomic E-state index is -0.248. The third kappa shape index (κ3) is 1.50. The standard InChI is InChI=1S/C14H20O/c1-13(2)9-12(15)14(3,4)11-8-6-5-7-10(11)13/h5-8,12,15H,9H2,1-4H3/t12-/m1/s1. The fourth-order valence-corrected chi connectivity index (χ4v) is 2.66. The van der Waals surface area contributed by atoms with Gasteiger partial charge in [0.1, 0.15) is 0 Å². The number of hydrogen-bond donors (Lipinski definition) is 1. The smallest absolute Gasteiger partial charge is 0.0639 e. The van der Waals surface area contributed by atoms with Gasteiger partial charge in [0.25, 0.3) is 0 Å². The minimum Gasteiger partial charge on any atom is -0.392 e. The topological polar surface area (TPSA) is 20.2 Å². The van der Waals surface area contributed by atoms with E-state index in [0.29, 0.717) is 0 Å². The zero-order valence-corrected chi connectivity index (χ0v) is 10.0. The Kier molecular flexibility index (Phi) is 2.20. The average Bonchev–Trinajstić information content (AvgIpc) is 2.15. The molecule has 82 valence electrons. The van der Waals surface area contributed by atoms with Crippen LogP contribution in [0.25, 0.3) is 0 Å². The molecule has 0 aromatic heterocycles. The quantitative estimate of drug-likeness (QED) is 0.688. The molecule has 1 nitrogen and oxygen atoms in total. The number of aliphatic hydroxyl groups excluding tert-OH is 1. The summed E-state index contributed by atoms with van der Waals surface area (Å²) < 4.78 is 0. The first-order valence-electron chi connectivity index (χ1n) is 5.64. The predicted octanol–water partition coefficient (Wildman–Crippen LogP) is 3.01. The summed E-state index contributed by atoms with van der Waals surface area (Å²) >= 11 is 0. The number of benzene rings is 1. The van der Waals surface area contributed by atoms with Crippen molar-refractivity contribution in [1.29, 1.82) is 0 Å². The number of fused-ring (bicyclic) bond motifs is 1. The van der Waals surface area contributed by atoms with Gasteiger partial charge in [0.15, 0.2) is 0 Å². The highest BCUT2D eigenvalue weighted by molar-refractivity contribution is 5.42. The minimum absolute atomic E-state index is 0.0888. The maximum absolute atomic E-state index is 10.2. The lowest BCUT2D eigenvalue weighted by Crippen LogP contribution is -2.45. The van der Waals surface area contributed by atoms with Gasteiger partial charge in [0, 0.05) is 5.41 Å². The Balaban J connectivity index is 2.64. The Morgan fingerprint density at radius 3 is 2.20 bits per heavy atom. The van der Waals surface area contributed by atoms with Crippen LogP contribution in [-0.4, -0.2) is 11.2 Å². The predicted molar refractivity (Wildman–Crippen MR) is 63.1 cm³/mol. The number of aliphatic hydroxyl groups is 1. The van der Waals surface area contributed by atoms with Gasteiger partial charge < -0.3 is 5.11 Å². The molecule has 1 aliphatic rings. The summed E-state index contributed by atoms with van der Waals surface area (Å²) in [5.74, 6) is 0. The molecule has 2 rings (SSSR count). The molecule has 15 heavy (non-hydrogen) atoms. The van der Waals surface area contributed by atoms with Crippen molar-refractivity contribution in [2.75, 3.05) is 0 Å². The zero-order valence-electron chi connectivity index (χ0n) is 10.0. The monoisotopic (exact) mass is 204 g/mol. The van der Waals surface area contributed by atoms with Crippen molar-refractivity contribution >= 4 is 0 Å². The molecule has 0 fully saturated rings. The van der Waals surface area contributed by atoms with Crippen LogP contribution < -0.4 is 0 Å². The second kappa shape index (κ2) is 3.08. The first kappa shape index (κ1) is 10.7. The maximum atomic E-state index is 10.2. The highest BCUT2D eigenvalue weighted by Crippen LogP contribution is 2.45. The summed E-state index contributed by atoms with van der Waals surface area (Å²) in [5, 5.41) is 10.2. The summed E-state index contributed by atoms with van der Waals surface area (Å²) in [4.78, 5) is 0. The zero-order chi connectivity index (χ0) is 11.3. The second-order valence-electron chi connectivity index (χ2n) is 5.87. The summed E-state index contributed by atoms with van der Waals surface area (Å²) in [6.07, 6.45) is 0.596. The molecule has 0 saturated carbocycles. The third-order valence-electron chi connectivity index (χ3n) is 3.89. The molecule has 0 saturated heterocycles. The summed E-state index contributed by atoms with van der Waals surface area (Å²) in [6.45, 7) is 8.69. The van der Waals surface area contributed by atoms with Crippen molar-refractivity contribution < 1.29 is 5.11 Å². The molecule has 0 radical (unpaired) electrons. The van der Waals surface area contributed by atoms with Crippen molar-refractivity contribution in [1.82, 2.24) is 0 Å². The van der Waals surface area contributed by atoms with E-state index in [4.69, 9.17) is 0 Å². The molecule has 1 aliphatic carbocycles. The van der Waals surface area contributed by atoms with E-state index < -0.39 is 0 Å². The molecule has 1 aromatic carbocycles. The van der Waals surface area contributed by atoms with Crippen LogP contribution in [0, 0.1) is 0 Å². The highest BCUT2D eigenvalue weighted by atomic mass is 16.3. The van der Waals surface area contributed by atoms with Gasteiger partial charge >= 0.3 is 0 Å². The van der Waals surface area contributed by atoms with Crippen LogP contribution in [0.4, 0.5) is 0 Å². The van der Waals surface area contributed by atoms with E-state index >= 15 is 0 Å². The van der Waals surface area contributed by atoms with Gasteiger partial charge in [-0.1, -0.05) is 52.0 Å². The molecule has 1 aromatic rings. The van der Waals surface area contributed by atoms with Crippen molar-refractivity contribution in [3.63, 3.8) is 0 Å². The van der Waals surface area contributed by atoms with Crippen LogP contribution in [0.5, 0.6) is 0 Å². The Hall–Kier alpha value is -0.820. The van der Waals surface area contributed by atoms with E-state index in [1.165, 1.54) is 11.1 Å². The molecule has 1 heteroatoms. The van der Waals surface area contributed by atoms with Gasteiger partial charge in [-0.3, -0.25) is 0 Å². The van der Waals surface area contributed by atoms with Crippen LogP contribution >= 0.6 is 0 Å². The van der Waals surface area contributed by atoms with Crippen LogP contribution in [0.2, 0.25) is 0 Å². The van der Waals surface area contributed by atoms with Crippen LogP contribution in [0.15, 0.2) is 24.3 Å². The van der Waals surface area contributed by atoms with E-state index in [-0.39, 0.29) is 16.9 Å². The van der Waals surface area contributed by atoms with Gasteiger partial charge in [0.05, 0.1) is 6.10 Å². The Labute approximate surface area is 92.1 Å². The third-order valence-corrected chi connectivity index (χ3v) is 3.89.